The fourth-order valence-electron chi connectivity index (χ4n) is 2.54. The van der Waals surface area contributed by atoms with Gasteiger partial charge in [0.1, 0.15) is 5.75 Å². The molecular formula is C19H26ClNOS. The van der Waals surface area contributed by atoms with E-state index in [1.165, 1.54) is 23.3 Å². The van der Waals surface area contributed by atoms with Crippen LogP contribution in [0.5, 0.6) is 5.75 Å². The zero-order valence-electron chi connectivity index (χ0n) is 13.9. The van der Waals surface area contributed by atoms with Gasteiger partial charge in [-0.15, -0.1) is 12.4 Å². The summed E-state index contributed by atoms with van der Waals surface area (Å²) in [6.07, 6.45) is 2.35. The highest BCUT2D eigenvalue weighted by Crippen LogP contribution is 2.36. The Balaban J connectivity index is 0.00000264. The van der Waals surface area contributed by atoms with Crippen LogP contribution in [-0.2, 0) is 6.54 Å². The average Bonchev–Trinajstić information content (AvgIpc) is 2.52. The van der Waals surface area contributed by atoms with E-state index in [4.69, 9.17) is 0 Å². The zero-order chi connectivity index (χ0) is 15.8. The molecule has 0 saturated carbocycles. The Kier molecular flexibility index (Phi) is 9.15. The molecule has 0 atom stereocenters. The maximum atomic E-state index is 9.98. The van der Waals surface area contributed by atoms with Crippen LogP contribution in [0.2, 0.25) is 0 Å². The Morgan fingerprint density at radius 2 is 1.43 bits per heavy atom. The van der Waals surface area contributed by atoms with Crippen molar-refractivity contribution >= 4 is 24.2 Å². The van der Waals surface area contributed by atoms with Crippen LogP contribution in [0.3, 0.4) is 0 Å². The summed E-state index contributed by atoms with van der Waals surface area (Å²) in [5.74, 6) is 0.348. The van der Waals surface area contributed by atoms with Crippen molar-refractivity contribution in [2.75, 3.05) is 13.1 Å². The van der Waals surface area contributed by atoms with Crippen LogP contribution in [0.1, 0.15) is 32.3 Å². The maximum absolute atomic E-state index is 9.98. The van der Waals surface area contributed by atoms with Crippen LogP contribution in [0.4, 0.5) is 0 Å². The molecular weight excluding hydrogens is 326 g/mol. The highest BCUT2D eigenvalue weighted by molar-refractivity contribution is 7.99. The lowest BCUT2D eigenvalue weighted by Crippen LogP contribution is -2.25. The SMILES string of the molecule is CCCN(CCC)Cc1ccccc1Sc1ccccc1O.Cl. The van der Waals surface area contributed by atoms with E-state index >= 15 is 0 Å². The van der Waals surface area contributed by atoms with Gasteiger partial charge >= 0.3 is 0 Å². The van der Waals surface area contributed by atoms with Gasteiger partial charge in [-0.25, -0.2) is 0 Å². The van der Waals surface area contributed by atoms with E-state index in [-0.39, 0.29) is 12.4 Å². The predicted molar refractivity (Wildman–Crippen MR) is 102 cm³/mol. The Morgan fingerprint density at radius 1 is 0.870 bits per heavy atom. The molecule has 0 aliphatic carbocycles. The third-order valence-corrected chi connectivity index (χ3v) is 4.71. The number of nitrogens with zero attached hydrogens (tertiary/aromatic N) is 1. The minimum Gasteiger partial charge on any atom is -0.507 e. The van der Waals surface area contributed by atoms with Crippen LogP contribution in [0.15, 0.2) is 58.3 Å². The van der Waals surface area contributed by atoms with Crippen LogP contribution >= 0.6 is 24.2 Å². The summed E-state index contributed by atoms with van der Waals surface area (Å²) in [5.41, 5.74) is 1.33. The highest BCUT2D eigenvalue weighted by atomic mass is 35.5. The topological polar surface area (TPSA) is 23.5 Å². The minimum absolute atomic E-state index is 0. The van der Waals surface area contributed by atoms with Gasteiger partial charge in [-0.1, -0.05) is 55.9 Å². The highest BCUT2D eigenvalue weighted by Gasteiger charge is 2.10. The van der Waals surface area contributed by atoms with Gasteiger partial charge in [0.15, 0.2) is 0 Å². The van der Waals surface area contributed by atoms with E-state index in [0.717, 1.165) is 24.5 Å². The lowest BCUT2D eigenvalue weighted by molar-refractivity contribution is 0.265. The summed E-state index contributed by atoms with van der Waals surface area (Å²) in [7, 11) is 0. The molecule has 0 bridgehead atoms. The Bertz CT molecular complexity index is 585. The predicted octanol–water partition coefficient (Wildman–Crippen LogP) is 5.59. The Hall–Kier alpha value is -1.16. The molecule has 0 amide bonds. The maximum Gasteiger partial charge on any atom is 0.129 e. The van der Waals surface area contributed by atoms with Gasteiger partial charge in [-0.3, -0.25) is 4.90 Å². The number of hydrogen-bond acceptors (Lipinski definition) is 3. The molecule has 2 aromatic rings. The molecule has 0 spiro atoms. The first-order valence-electron chi connectivity index (χ1n) is 8.00. The first-order valence-corrected chi connectivity index (χ1v) is 8.82. The molecule has 0 aliphatic heterocycles. The quantitative estimate of drug-likeness (QED) is 0.670. The number of phenols is 1. The van der Waals surface area contributed by atoms with Gasteiger partial charge in [0.05, 0.1) is 4.90 Å². The molecule has 0 aliphatic rings. The van der Waals surface area contributed by atoms with Crippen LogP contribution in [0, 0.1) is 0 Å². The lowest BCUT2D eigenvalue weighted by Gasteiger charge is -2.22. The molecule has 0 radical (unpaired) electrons. The number of aromatic hydroxyl groups is 1. The van der Waals surface area contributed by atoms with Crippen molar-refractivity contribution in [1.29, 1.82) is 0 Å². The molecule has 1 N–H and O–H groups in total. The fourth-order valence-corrected chi connectivity index (χ4v) is 3.51. The van der Waals surface area contributed by atoms with Crippen molar-refractivity contribution in [3.63, 3.8) is 0 Å². The smallest absolute Gasteiger partial charge is 0.129 e. The van der Waals surface area contributed by atoms with Crippen molar-refractivity contribution in [2.45, 2.75) is 43.0 Å². The molecule has 126 valence electrons. The second-order valence-electron chi connectivity index (χ2n) is 5.45. The van der Waals surface area contributed by atoms with Crippen LogP contribution in [0.25, 0.3) is 0 Å². The Morgan fingerprint density at radius 3 is 2.04 bits per heavy atom. The second-order valence-corrected chi connectivity index (χ2v) is 6.54. The molecule has 23 heavy (non-hydrogen) atoms. The van der Waals surface area contributed by atoms with Crippen molar-refractivity contribution < 1.29 is 5.11 Å². The van der Waals surface area contributed by atoms with Crippen molar-refractivity contribution in [3.8, 4) is 5.75 Å². The fraction of sp³-hybridized carbons (Fsp3) is 0.368. The van der Waals surface area contributed by atoms with Crippen molar-refractivity contribution in [3.05, 3.63) is 54.1 Å². The second kappa shape index (κ2) is 10.6. The van der Waals surface area contributed by atoms with Crippen LogP contribution in [-0.4, -0.2) is 23.1 Å². The summed E-state index contributed by atoms with van der Waals surface area (Å²) in [6.45, 7) is 7.68. The summed E-state index contributed by atoms with van der Waals surface area (Å²) in [6, 6.07) is 16.0. The Labute approximate surface area is 150 Å². The van der Waals surface area contributed by atoms with E-state index in [1.54, 1.807) is 17.8 Å². The molecule has 0 fully saturated rings. The molecule has 0 heterocycles. The monoisotopic (exact) mass is 351 g/mol. The van der Waals surface area contributed by atoms with Crippen molar-refractivity contribution in [1.82, 2.24) is 4.90 Å². The van der Waals surface area contributed by atoms with E-state index in [0.29, 0.717) is 5.75 Å². The van der Waals surface area contributed by atoms with Gasteiger partial charge < -0.3 is 5.11 Å². The van der Waals surface area contributed by atoms with E-state index in [9.17, 15) is 5.11 Å². The third-order valence-electron chi connectivity index (χ3n) is 3.53. The molecule has 0 aromatic heterocycles. The number of rotatable bonds is 8. The first-order chi connectivity index (χ1) is 10.7. The van der Waals surface area contributed by atoms with Gasteiger partial charge in [0.25, 0.3) is 0 Å². The van der Waals surface area contributed by atoms with Crippen molar-refractivity contribution in [2.24, 2.45) is 0 Å². The molecule has 2 aromatic carbocycles. The zero-order valence-corrected chi connectivity index (χ0v) is 15.5. The first kappa shape index (κ1) is 19.9. The number of phenolic OH excluding ortho intramolecular Hbond substituents is 1. The molecule has 0 unspecified atom stereocenters. The molecule has 0 saturated heterocycles. The summed E-state index contributed by atoms with van der Waals surface area (Å²) in [4.78, 5) is 4.64. The normalized spacial score (nSPS) is 10.6. The largest absolute Gasteiger partial charge is 0.507 e. The summed E-state index contributed by atoms with van der Waals surface area (Å²) < 4.78 is 0. The van der Waals surface area contributed by atoms with E-state index in [2.05, 4.69) is 43.0 Å². The number of hydrogen-bond donors (Lipinski definition) is 1. The van der Waals surface area contributed by atoms with E-state index in [1.807, 2.05) is 18.2 Å². The minimum atomic E-state index is 0. The van der Waals surface area contributed by atoms with Gasteiger partial charge in [0, 0.05) is 11.4 Å². The number of halogens is 1. The average molecular weight is 352 g/mol. The number of benzene rings is 2. The van der Waals surface area contributed by atoms with Gasteiger partial charge in [-0.2, -0.15) is 0 Å². The molecule has 4 heteroatoms. The summed E-state index contributed by atoms with van der Waals surface area (Å²) >= 11 is 1.64. The summed E-state index contributed by atoms with van der Waals surface area (Å²) in [5, 5.41) is 9.98. The van der Waals surface area contributed by atoms with Gasteiger partial charge in [0.2, 0.25) is 0 Å². The van der Waals surface area contributed by atoms with Crippen LogP contribution < -0.4 is 0 Å². The number of para-hydroxylation sites is 1. The van der Waals surface area contributed by atoms with E-state index < -0.39 is 0 Å². The third kappa shape index (κ3) is 6.09. The molecule has 2 rings (SSSR count). The van der Waals surface area contributed by atoms with Gasteiger partial charge in [-0.05, 0) is 49.7 Å². The lowest BCUT2D eigenvalue weighted by atomic mass is 10.2. The molecule has 2 nitrogen and oxygen atoms in total. The standard InChI is InChI=1S/C19H25NOS.ClH/c1-3-13-20(14-4-2)15-16-9-5-7-11-18(16)22-19-12-8-6-10-17(19)21;/h5-12,21H,3-4,13-15H2,1-2H3;1H.